The number of nitrogens with one attached hydrogen (secondary N) is 2. The number of aromatic nitrogens is 2. The second-order valence-corrected chi connectivity index (χ2v) is 19.0. The third-order valence-electron chi connectivity index (χ3n) is 9.44. The summed E-state index contributed by atoms with van der Waals surface area (Å²) in [6.07, 6.45) is 7.55. The molecule has 3 heterocycles. The zero-order chi connectivity index (χ0) is 44.5. The molecule has 0 aliphatic carbocycles. The van der Waals surface area contributed by atoms with Gasteiger partial charge in [-0.15, -0.1) is 20.4 Å². The maximum Gasteiger partial charge on any atom is 0.516 e. The molecule has 23 heteroatoms. The van der Waals surface area contributed by atoms with E-state index in [9.17, 15) is 48.0 Å². The highest BCUT2D eigenvalue weighted by atomic mass is 32.2. The summed E-state index contributed by atoms with van der Waals surface area (Å²) in [6.45, 7) is 13.2. The zero-order valence-corrected chi connectivity index (χ0v) is 36.3. The third kappa shape index (κ3) is 12.9. The largest absolute Gasteiger partial charge is 0.516 e. The van der Waals surface area contributed by atoms with Crippen molar-refractivity contribution in [2.45, 2.75) is 97.0 Å². The van der Waals surface area contributed by atoms with Crippen LogP contribution in [0.25, 0.3) is 0 Å². The Kier molecular flexibility index (Phi) is 16.6. The van der Waals surface area contributed by atoms with Crippen molar-refractivity contribution >= 4 is 70.9 Å². The van der Waals surface area contributed by atoms with Gasteiger partial charge in [-0.2, -0.15) is 43.2 Å². The van der Waals surface area contributed by atoms with Crippen molar-refractivity contribution in [1.82, 2.24) is 10.2 Å². The van der Waals surface area contributed by atoms with Gasteiger partial charge >= 0.3 is 37.0 Å². The number of ether oxygens (including phenoxy) is 1. The number of hydrogen-bond acceptors (Lipinski definition) is 13. The molecule has 334 valence electrons. The molecule has 14 nitrogen and oxygen atoms in total. The number of carbonyl (C=O) groups is 1. The minimum Gasteiger partial charge on any atom is -0.461 e. The van der Waals surface area contributed by atoms with Gasteiger partial charge in [-0.1, -0.05) is 70.8 Å². The fourth-order valence-corrected chi connectivity index (χ4v) is 8.42. The molecule has 2 N–H and O–H groups in total. The Morgan fingerprint density at radius 1 is 0.783 bits per heavy atom. The number of anilines is 4. The molecule has 0 radical (unpaired) electrons. The van der Waals surface area contributed by atoms with Gasteiger partial charge in [0.15, 0.2) is 0 Å². The minimum atomic E-state index is -5.70. The molecule has 2 atom stereocenters. The predicted octanol–water partition coefficient (Wildman–Crippen LogP) is 9.72. The highest BCUT2D eigenvalue weighted by Crippen LogP contribution is 2.41. The maximum absolute atomic E-state index is 13.1. The molecule has 1 aromatic heterocycles. The van der Waals surface area contributed by atoms with E-state index in [1.165, 1.54) is 24.3 Å². The van der Waals surface area contributed by atoms with Gasteiger partial charge in [0.1, 0.15) is 5.69 Å². The summed E-state index contributed by atoms with van der Waals surface area (Å²) in [4.78, 5) is 16.0. The van der Waals surface area contributed by atoms with E-state index in [1.807, 2.05) is 0 Å². The maximum atomic E-state index is 13.1. The average molecular weight is 913 g/mol. The van der Waals surface area contributed by atoms with Crippen LogP contribution in [0.2, 0.25) is 0 Å². The summed E-state index contributed by atoms with van der Waals surface area (Å²) in [5.74, 6) is 0.0368. The lowest BCUT2D eigenvalue weighted by Gasteiger charge is -2.35. The fourth-order valence-electron chi connectivity index (χ4n) is 6.74. The quantitative estimate of drug-likeness (QED) is 0.0609. The van der Waals surface area contributed by atoms with Crippen LogP contribution < -0.4 is 19.2 Å². The van der Waals surface area contributed by atoms with Gasteiger partial charge in [-0.3, -0.25) is 9.44 Å². The number of hydrogen-bond donors (Lipinski definition) is 2. The van der Waals surface area contributed by atoms with Crippen LogP contribution in [0.1, 0.15) is 94.1 Å². The number of alkyl halides is 6. The van der Waals surface area contributed by atoms with Gasteiger partial charge < -0.3 is 14.5 Å². The molecule has 0 fully saturated rings. The number of esters is 1. The van der Waals surface area contributed by atoms with Crippen LogP contribution in [0.4, 0.5) is 59.9 Å². The first-order valence-electron chi connectivity index (χ1n) is 19.5. The normalized spacial score (nSPS) is 17.1. The van der Waals surface area contributed by atoms with Crippen molar-refractivity contribution in [3.8, 4) is 0 Å². The first kappa shape index (κ1) is 48.4. The van der Waals surface area contributed by atoms with Crippen LogP contribution >= 0.6 is 11.3 Å². The Hall–Kier alpha value is -4.25. The summed E-state index contributed by atoms with van der Waals surface area (Å²) >= 11 is 0.780. The molecular weight excluding hydrogens is 863 g/mol. The van der Waals surface area contributed by atoms with E-state index in [-0.39, 0.29) is 39.7 Å². The highest BCUT2D eigenvalue weighted by Gasteiger charge is 2.47. The van der Waals surface area contributed by atoms with Crippen LogP contribution in [0, 0.1) is 11.8 Å². The Balaban J connectivity index is 0.000000287. The van der Waals surface area contributed by atoms with Crippen molar-refractivity contribution in [2.24, 2.45) is 22.1 Å². The van der Waals surface area contributed by atoms with Crippen molar-refractivity contribution in [3.05, 3.63) is 46.5 Å². The fraction of sp³-hybridized carbons (Fsp3) is 0.595. The van der Waals surface area contributed by atoms with E-state index < -0.39 is 37.0 Å². The molecule has 0 saturated heterocycles. The molecule has 5 rings (SSSR count). The number of benzene rings is 2. The monoisotopic (exact) mass is 912 g/mol. The van der Waals surface area contributed by atoms with Crippen LogP contribution in [0.5, 0.6) is 0 Å². The van der Waals surface area contributed by atoms with Gasteiger partial charge in [0.05, 0.1) is 18.0 Å². The lowest BCUT2D eigenvalue weighted by Crippen LogP contribution is -2.35. The van der Waals surface area contributed by atoms with Gasteiger partial charge in [0, 0.05) is 37.6 Å². The first-order valence-corrected chi connectivity index (χ1v) is 23.3. The number of sulfonamides is 2. The molecule has 2 aliphatic heterocycles. The molecule has 0 amide bonds. The average Bonchev–Trinajstić information content (AvgIpc) is 3.63. The SMILES string of the molecule is CCCCCN1CC(C)Cc2cc(N=Nc3nnc(C(=O)OCC)s3)c(NS(=O)(=O)C(F)(F)F)cc21.CCCCCN1CC(C)Cc2ccc(NS(=O)(=O)C(F)(F)F)cc21. The summed E-state index contributed by atoms with van der Waals surface area (Å²) in [7, 11) is -11.1. The summed E-state index contributed by atoms with van der Waals surface area (Å²) in [5.41, 5.74) is -8.02. The van der Waals surface area contributed by atoms with Crippen LogP contribution in [0.3, 0.4) is 0 Å². The molecule has 0 saturated carbocycles. The second kappa shape index (κ2) is 20.5. The van der Waals surface area contributed by atoms with Crippen LogP contribution in [-0.4, -0.2) is 76.8 Å². The number of halogens is 6. The van der Waals surface area contributed by atoms with E-state index >= 15 is 0 Å². The van der Waals surface area contributed by atoms with Crippen molar-refractivity contribution in [1.29, 1.82) is 0 Å². The number of unbranched alkanes of at least 4 members (excludes halogenated alkanes) is 4. The number of nitrogens with zero attached hydrogens (tertiary/aromatic N) is 6. The molecular formula is C37H50F6N8O6S3. The Labute approximate surface area is 350 Å². The topological polar surface area (TPSA) is 176 Å². The summed E-state index contributed by atoms with van der Waals surface area (Å²) < 4.78 is 131. The van der Waals surface area contributed by atoms with Gasteiger partial charge in [0.25, 0.3) is 5.13 Å². The van der Waals surface area contributed by atoms with E-state index in [2.05, 4.69) is 57.9 Å². The number of carbonyl (C=O) groups excluding carboxylic acids is 1. The molecule has 2 unspecified atom stereocenters. The zero-order valence-electron chi connectivity index (χ0n) is 33.9. The van der Waals surface area contributed by atoms with Gasteiger partial charge in [-0.05, 0) is 79.8 Å². The minimum absolute atomic E-state index is 0.0463. The Bertz CT molecular complexity index is 2190. The molecule has 60 heavy (non-hydrogen) atoms. The summed E-state index contributed by atoms with van der Waals surface area (Å²) in [5, 5.41) is 15.1. The standard InChI is InChI=1S/C21H27F3N6O4S2.C16H23F3N2O2S/c1-4-6-7-8-30-12-13(3)9-14-10-15(16(11-17(14)30)29-36(32,33)21(22,23)24)25-27-20-28-26-18(35-20)19(31)34-5-2;1-3-4-5-8-21-11-12(2)9-13-6-7-14(10-15(13)21)20-24(22,23)16(17,18)19/h10-11,13,29H,4-9,12H2,1-3H3;6-7,10,12,20H,3-5,8-9,11H2,1-2H3. The van der Waals surface area contributed by atoms with E-state index in [1.54, 1.807) is 22.4 Å². The highest BCUT2D eigenvalue weighted by molar-refractivity contribution is 7.93. The van der Waals surface area contributed by atoms with Crippen molar-refractivity contribution in [3.63, 3.8) is 0 Å². The van der Waals surface area contributed by atoms with Crippen molar-refractivity contribution in [2.75, 3.05) is 52.0 Å². The third-order valence-corrected chi connectivity index (χ3v) is 12.4. The number of azo groups is 1. The van der Waals surface area contributed by atoms with Gasteiger partial charge in [-0.25, -0.2) is 4.79 Å². The molecule has 2 aliphatic rings. The second-order valence-electron chi connectivity index (χ2n) is 14.7. The Morgan fingerprint density at radius 2 is 1.33 bits per heavy atom. The molecule has 0 bridgehead atoms. The number of fused-ring (bicyclic) bond motifs is 2. The Morgan fingerprint density at radius 3 is 1.88 bits per heavy atom. The predicted molar refractivity (Wildman–Crippen MR) is 219 cm³/mol. The lowest BCUT2D eigenvalue weighted by atomic mass is 9.92. The first-order chi connectivity index (χ1) is 28.1. The van der Waals surface area contributed by atoms with E-state index in [0.29, 0.717) is 31.1 Å². The smallest absolute Gasteiger partial charge is 0.461 e. The van der Waals surface area contributed by atoms with Crippen LogP contribution in [-0.2, 0) is 37.6 Å². The van der Waals surface area contributed by atoms with Gasteiger partial charge in [0.2, 0.25) is 5.01 Å². The van der Waals surface area contributed by atoms with E-state index in [0.717, 1.165) is 86.2 Å². The lowest BCUT2D eigenvalue weighted by molar-refractivity contribution is -0.0435. The molecule has 2 aromatic carbocycles. The van der Waals surface area contributed by atoms with E-state index in [4.69, 9.17) is 4.74 Å². The van der Waals surface area contributed by atoms with Crippen LogP contribution in [0.15, 0.2) is 40.6 Å². The van der Waals surface area contributed by atoms with Crippen molar-refractivity contribution < 1.29 is 52.7 Å². The molecule has 0 spiro atoms. The summed E-state index contributed by atoms with van der Waals surface area (Å²) in [6, 6.07) is 7.52. The number of rotatable bonds is 16. The molecule has 3 aromatic rings.